The molecule has 6 nitrogen and oxygen atoms in total. The number of aromatic nitrogens is 4. The summed E-state index contributed by atoms with van der Waals surface area (Å²) in [5.74, 6) is 1.14. The number of nitrogens with one attached hydrogen (secondary N) is 1. The van der Waals surface area contributed by atoms with Gasteiger partial charge in [0.15, 0.2) is 10.8 Å². The summed E-state index contributed by atoms with van der Waals surface area (Å²) in [5.41, 5.74) is 3.79. The summed E-state index contributed by atoms with van der Waals surface area (Å²) < 4.78 is 1.96. The topological polar surface area (TPSA) is 72.2 Å². The lowest BCUT2D eigenvalue weighted by Crippen LogP contribution is -2.27. The molecule has 1 amide bonds. The minimum absolute atomic E-state index is 0.0371. The van der Waals surface area contributed by atoms with Gasteiger partial charge in [0.1, 0.15) is 5.82 Å². The minimum atomic E-state index is 0.0371. The lowest BCUT2D eigenvalue weighted by molar-refractivity contribution is -0.118. The highest BCUT2D eigenvalue weighted by Crippen LogP contribution is 2.29. The van der Waals surface area contributed by atoms with Crippen LogP contribution in [0.25, 0.3) is 27.9 Å². The Morgan fingerprint density at radius 1 is 1.18 bits per heavy atom. The molecule has 2 aromatic heterocycles. The van der Waals surface area contributed by atoms with Crippen molar-refractivity contribution in [1.82, 2.24) is 24.9 Å². The van der Waals surface area contributed by atoms with E-state index in [2.05, 4.69) is 34.6 Å². The molecule has 0 atom stereocenters. The largest absolute Gasteiger partial charge is 0.353 e. The molecule has 5 rings (SSSR count). The van der Waals surface area contributed by atoms with E-state index in [0.717, 1.165) is 46.3 Å². The first-order chi connectivity index (χ1) is 13.7. The number of hydrogen-bond donors (Lipinski definition) is 1. The van der Waals surface area contributed by atoms with E-state index < -0.39 is 0 Å². The van der Waals surface area contributed by atoms with E-state index in [1.165, 1.54) is 11.8 Å². The van der Waals surface area contributed by atoms with Gasteiger partial charge in [0.25, 0.3) is 0 Å². The van der Waals surface area contributed by atoms with Crippen LogP contribution < -0.4 is 5.32 Å². The molecule has 0 spiro atoms. The Hall–Kier alpha value is -2.93. The van der Waals surface area contributed by atoms with E-state index in [1.807, 2.05) is 40.8 Å². The average molecular weight is 389 g/mol. The lowest BCUT2D eigenvalue weighted by Gasteiger charge is -2.10. The molecule has 1 aliphatic carbocycles. The Morgan fingerprint density at radius 3 is 2.86 bits per heavy atom. The number of thioether (sulfide) groups is 1. The van der Waals surface area contributed by atoms with E-state index in [4.69, 9.17) is 4.98 Å². The number of carbonyl (C=O) groups is 1. The molecular weight excluding hydrogens is 370 g/mol. The van der Waals surface area contributed by atoms with Crippen LogP contribution in [0, 0.1) is 6.92 Å². The van der Waals surface area contributed by atoms with Crippen molar-refractivity contribution >= 4 is 34.2 Å². The van der Waals surface area contributed by atoms with Crippen LogP contribution in [-0.4, -0.2) is 37.3 Å². The molecule has 0 unspecified atom stereocenters. The molecule has 1 aliphatic rings. The molecule has 1 N–H and O–H groups in total. The summed E-state index contributed by atoms with van der Waals surface area (Å²) in [6.07, 6.45) is 2.16. The molecule has 0 saturated heterocycles. The van der Waals surface area contributed by atoms with E-state index in [0.29, 0.717) is 17.0 Å². The van der Waals surface area contributed by atoms with Gasteiger partial charge in [0.05, 0.1) is 11.3 Å². The Bertz CT molecular complexity index is 1200. The fourth-order valence-electron chi connectivity index (χ4n) is 3.26. The maximum absolute atomic E-state index is 12.1. The summed E-state index contributed by atoms with van der Waals surface area (Å²) in [6, 6.07) is 16.5. The van der Waals surface area contributed by atoms with Crippen LogP contribution in [0.5, 0.6) is 0 Å². The van der Waals surface area contributed by atoms with Gasteiger partial charge in [-0.05, 0) is 38.0 Å². The Labute approximate surface area is 166 Å². The first kappa shape index (κ1) is 17.2. The maximum Gasteiger partial charge on any atom is 0.230 e. The molecule has 1 saturated carbocycles. The Morgan fingerprint density at radius 2 is 2.04 bits per heavy atom. The van der Waals surface area contributed by atoms with Crippen molar-refractivity contribution in [2.45, 2.75) is 31.0 Å². The second-order valence-corrected chi connectivity index (χ2v) is 8.04. The van der Waals surface area contributed by atoms with E-state index in [-0.39, 0.29) is 5.91 Å². The van der Waals surface area contributed by atoms with Gasteiger partial charge in [-0.1, -0.05) is 47.7 Å². The second kappa shape index (κ2) is 6.91. The molecule has 0 aliphatic heterocycles. The normalized spacial score (nSPS) is 13.9. The second-order valence-electron chi connectivity index (χ2n) is 7.09. The molecule has 4 aromatic rings. The molecular formula is C21H19N5OS. The lowest BCUT2D eigenvalue weighted by atomic mass is 10.1. The Balaban J connectivity index is 1.62. The zero-order valence-electron chi connectivity index (χ0n) is 15.4. The maximum atomic E-state index is 12.1. The predicted octanol–water partition coefficient (Wildman–Crippen LogP) is 3.62. The number of aryl methyl sites for hydroxylation is 1. The zero-order chi connectivity index (χ0) is 19.1. The van der Waals surface area contributed by atoms with Crippen LogP contribution in [-0.2, 0) is 4.79 Å². The van der Waals surface area contributed by atoms with Crippen molar-refractivity contribution in [2.24, 2.45) is 0 Å². The molecule has 7 heteroatoms. The average Bonchev–Trinajstić information content (AvgIpc) is 3.41. The molecule has 140 valence electrons. The van der Waals surface area contributed by atoms with E-state index in [9.17, 15) is 4.79 Å². The van der Waals surface area contributed by atoms with Crippen molar-refractivity contribution in [2.75, 3.05) is 5.75 Å². The van der Waals surface area contributed by atoms with Gasteiger partial charge in [0.2, 0.25) is 5.91 Å². The van der Waals surface area contributed by atoms with E-state index in [1.54, 1.807) is 0 Å². The van der Waals surface area contributed by atoms with Crippen LogP contribution in [0.4, 0.5) is 0 Å². The highest BCUT2D eigenvalue weighted by Gasteiger charge is 2.24. The molecule has 2 heterocycles. The first-order valence-corrected chi connectivity index (χ1v) is 10.3. The van der Waals surface area contributed by atoms with Gasteiger partial charge < -0.3 is 5.32 Å². The zero-order valence-corrected chi connectivity index (χ0v) is 16.2. The van der Waals surface area contributed by atoms with Crippen LogP contribution in [0.3, 0.4) is 0 Å². The van der Waals surface area contributed by atoms with Crippen LogP contribution in [0.2, 0.25) is 0 Å². The van der Waals surface area contributed by atoms with Crippen molar-refractivity contribution in [3.63, 3.8) is 0 Å². The van der Waals surface area contributed by atoms with E-state index >= 15 is 0 Å². The number of rotatable bonds is 5. The van der Waals surface area contributed by atoms with Crippen molar-refractivity contribution in [3.8, 4) is 11.4 Å². The predicted molar refractivity (Wildman–Crippen MR) is 110 cm³/mol. The van der Waals surface area contributed by atoms with Crippen molar-refractivity contribution < 1.29 is 4.79 Å². The number of fused-ring (bicyclic) bond motifs is 3. The summed E-state index contributed by atoms with van der Waals surface area (Å²) in [6.45, 7) is 2.06. The standard InChI is InChI=1S/C21H19N5OS/c1-13-5-4-6-14(11-13)19-23-17-8-3-2-7-16(17)20-24-25-21(26(19)20)28-12-18(27)22-15-9-10-15/h2-8,11,15H,9-10,12H2,1H3,(H,22,27). The van der Waals surface area contributed by atoms with Gasteiger partial charge in [0, 0.05) is 17.0 Å². The number of nitrogens with zero attached hydrogens (tertiary/aromatic N) is 4. The molecule has 2 aromatic carbocycles. The highest BCUT2D eigenvalue weighted by molar-refractivity contribution is 7.99. The third-order valence-electron chi connectivity index (χ3n) is 4.77. The van der Waals surface area contributed by atoms with Gasteiger partial charge in [-0.2, -0.15) is 0 Å². The summed E-state index contributed by atoms with van der Waals surface area (Å²) in [4.78, 5) is 17.0. The van der Waals surface area contributed by atoms with Crippen molar-refractivity contribution in [3.05, 3.63) is 54.1 Å². The van der Waals surface area contributed by atoms with Crippen LogP contribution in [0.1, 0.15) is 18.4 Å². The summed E-state index contributed by atoms with van der Waals surface area (Å²) >= 11 is 1.39. The fraction of sp³-hybridized carbons (Fsp3) is 0.238. The monoisotopic (exact) mass is 389 g/mol. The van der Waals surface area contributed by atoms with Gasteiger partial charge in [-0.15, -0.1) is 10.2 Å². The van der Waals surface area contributed by atoms with Crippen molar-refractivity contribution in [1.29, 1.82) is 0 Å². The highest BCUT2D eigenvalue weighted by atomic mass is 32.2. The fourth-order valence-corrected chi connectivity index (χ4v) is 4.00. The third-order valence-corrected chi connectivity index (χ3v) is 5.70. The molecule has 28 heavy (non-hydrogen) atoms. The summed E-state index contributed by atoms with van der Waals surface area (Å²) in [5, 5.41) is 13.4. The smallest absolute Gasteiger partial charge is 0.230 e. The molecule has 0 radical (unpaired) electrons. The van der Waals surface area contributed by atoms with Gasteiger partial charge in [-0.3, -0.25) is 9.20 Å². The number of hydrogen-bond acceptors (Lipinski definition) is 5. The number of para-hydroxylation sites is 1. The molecule has 0 bridgehead atoms. The third kappa shape index (κ3) is 3.22. The Kier molecular flexibility index (Phi) is 4.24. The number of benzene rings is 2. The SMILES string of the molecule is Cc1cccc(-c2nc3ccccc3c3nnc(SCC(=O)NC4CC4)n23)c1. The molecule has 1 fully saturated rings. The quantitative estimate of drug-likeness (QED) is 0.528. The van der Waals surface area contributed by atoms with Gasteiger partial charge in [-0.25, -0.2) is 4.98 Å². The number of amides is 1. The number of carbonyl (C=O) groups excluding carboxylic acids is 1. The summed E-state index contributed by atoms with van der Waals surface area (Å²) in [7, 11) is 0. The van der Waals surface area contributed by atoms with Gasteiger partial charge >= 0.3 is 0 Å². The van der Waals surface area contributed by atoms with Crippen LogP contribution >= 0.6 is 11.8 Å². The first-order valence-electron chi connectivity index (χ1n) is 9.32. The minimum Gasteiger partial charge on any atom is -0.353 e. The van der Waals surface area contributed by atoms with Crippen LogP contribution in [0.15, 0.2) is 53.7 Å².